The van der Waals surface area contributed by atoms with Gasteiger partial charge in [0.25, 0.3) is 0 Å². The third kappa shape index (κ3) is 2.16. The van der Waals surface area contributed by atoms with E-state index in [2.05, 4.69) is 10.2 Å². The van der Waals surface area contributed by atoms with Crippen LogP contribution in [0.5, 0.6) is 11.5 Å². The van der Waals surface area contributed by atoms with E-state index in [-0.39, 0.29) is 17.5 Å². The average molecular weight is 251 g/mol. The minimum Gasteiger partial charge on any atom is -0.508 e. The van der Waals surface area contributed by atoms with Crippen molar-refractivity contribution in [3.63, 3.8) is 0 Å². The molecule has 0 saturated heterocycles. The molecule has 17 heavy (non-hydrogen) atoms. The summed E-state index contributed by atoms with van der Waals surface area (Å²) in [7, 11) is 0. The monoisotopic (exact) mass is 251 g/mol. The number of phenols is 2. The van der Waals surface area contributed by atoms with Crippen LogP contribution in [0.25, 0.3) is 11.4 Å². The fourth-order valence-electron chi connectivity index (χ4n) is 1.71. The van der Waals surface area contributed by atoms with Gasteiger partial charge in [-0.3, -0.25) is 9.67 Å². The quantitative estimate of drug-likeness (QED) is 0.717. The zero-order valence-electron chi connectivity index (χ0n) is 9.51. The molecule has 0 unspecified atom stereocenters. The van der Waals surface area contributed by atoms with Crippen molar-refractivity contribution in [2.75, 3.05) is 0 Å². The van der Waals surface area contributed by atoms with Crippen molar-refractivity contribution in [3.8, 4) is 22.9 Å². The number of hydrogen-bond acceptors (Lipinski definition) is 4. The van der Waals surface area contributed by atoms with Gasteiger partial charge in [0.05, 0.1) is 0 Å². The normalized spacial score (nSPS) is 11.0. The second-order valence-corrected chi connectivity index (χ2v) is 4.44. The standard InChI is InChI=1S/C11H13N3O2S/c1-6(2)14-10(12-13-11(14)17)7-3-8(15)5-9(16)4-7/h3-6,15-16H,1-2H3,(H,13,17). The van der Waals surface area contributed by atoms with Gasteiger partial charge in [-0.15, -0.1) is 0 Å². The molecule has 1 aromatic heterocycles. The molecule has 0 radical (unpaired) electrons. The van der Waals surface area contributed by atoms with Gasteiger partial charge in [-0.1, -0.05) is 0 Å². The molecule has 5 nitrogen and oxygen atoms in total. The summed E-state index contributed by atoms with van der Waals surface area (Å²) in [5.74, 6) is 0.574. The number of rotatable bonds is 2. The van der Waals surface area contributed by atoms with E-state index in [0.29, 0.717) is 16.2 Å². The van der Waals surface area contributed by atoms with Gasteiger partial charge in [-0.25, -0.2) is 0 Å². The van der Waals surface area contributed by atoms with Crippen molar-refractivity contribution in [3.05, 3.63) is 23.0 Å². The molecule has 0 aliphatic heterocycles. The van der Waals surface area contributed by atoms with Crippen LogP contribution in [-0.2, 0) is 0 Å². The molecule has 0 bridgehead atoms. The third-order valence-corrected chi connectivity index (χ3v) is 2.67. The largest absolute Gasteiger partial charge is 0.508 e. The number of aromatic hydroxyl groups is 2. The van der Waals surface area contributed by atoms with Crippen molar-refractivity contribution < 1.29 is 10.2 Å². The lowest BCUT2D eigenvalue weighted by molar-refractivity contribution is 0.450. The van der Waals surface area contributed by atoms with Gasteiger partial charge < -0.3 is 10.2 Å². The molecule has 0 amide bonds. The average Bonchev–Trinajstić information content (AvgIpc) is 2.58. The molecule has 1 heterocycles. The summed E-state index contributed by atoms with van der Waals surface area (Å²) in [4.78, 5) is 0. The summed E-state index contributed by atoms with van der Waals surface area (Å²) in [6.45, 7) is 3.97. The predicted octanol–water partition coefficient (Wildman–Crippen LogP) is 2.60. The molecule has 90 valence electrons. The molecule has 0 aliphatic carbocycles. The van der Waals surface area contributed by atoms with Crippen LogP contribution in [0.3, 0.4) is 0 Å². The lowest BCUT2D eigenvalue weighted by atomic mass is 10.2. The molecule has 6 heteroatoms. The first-order chi connectivity index (χ1) is 7.99. The highest BCUT2D eigenvalue weighted by atomic mass is 32.1. The Bertz CT molecular complexity index is 581. The highest BCUT2D eigenvalue weighted by Crippen LogP contribution is 2.28. The second-order valence-electron chi connectivity index (χ2n) is 4.05. The highest BCUT2D eigenvalue weighted by molar-refractivity contribution is 7.71. The Morgan fingerprint density at radius 1 is 1.24 bits per heavy atom. The molecule has 0 aliphatic rings. The molecule has 2 aromatic rings. The molecule has 0 saturated carbocycles. The Morgan fingerprint density at radius 3 is 2.35 bits per heavy atom. The maximum Gasteiger partial charge on any atom is 0.195 e. The highest BCUT2D eigenvalue weighted by Gasteiger charge is 2.12. The number of aromatic nitrogens is 3. The van der Waals surface area contributed by atoms with E-state index in [9.17, 15) is 10.2 Å². The Hall–Kier alpha value is -1.82. The first-order valence-electron chi connectivity index (χ1n) is 5.19. The van der Waals surface area contributed by atoms with E-state index in [1.54, 1.807) is 0 Å². The van der Waals surface area contributed by atoms with Crippen LogP contribution in [0.4, 0.5) is 0 Å². The fourth-order valence-corrected chi connectivity index (χ4v) is 2.05. The lowest BCUT2D eigenvalue weighted by Crippen LogP contribution is -2.03. The number of benzene rings is 1. The summed E-state index contributed by atoms with van der Waals surface area (Å²) in [6.07, 6.45) is 0. The van der Waals surface area contributed by atoms with Crippen molar-refractivity contribution in [1.29, 1.82) is 0 Å². The molecular weight excluding hydrogens is 238 g/mol. The number of hydrogen-bond donors (Lipinski definition) is 3. The summed E-state index contributed by atoms with van der Waals surface area (Å²) < 4.78 is 2.33. The number of nitrogens with one attached hydrogen (secondary N) is 1. The van der Waals surface area contributed by atoms with Crippen molar-refractivity contribution in [2.24, 2.45) is 0 Å². The van der Waals surface area contributed by atoms with Gasteiger partial charge >= 0.3 is 0 Å². The van der Waals surface area contributed by atoms with E-state index in [4.69, 9.17) is 12.2 Å². The maximum atomic E-state index is 9.46. The molecular formula is C11H13N3O2S. The minimum atomic E-state index is -0.00998. The molecule has 1 aromatic carbocycles. The van der Waals surface area contributed by atoms with Crippen molar-refractivity contribution in [1.82, 2.24) is 14.8 Å². The molecule has 3 N–H and O–H groups in total. The molecule has 0 fully saturated rings. The van der Waals surface area contributed by atoms with Crippen LogP contribution < -0.4 is 0 Å². The fraction of sp³-hybridized carbons (Fsp3) is 0.273. The number of aromatic amines is 1. The van der Waals surface area contributed by atoms with Crippen LogP contribution in [0.2, 0.25) is 0 Å². The Balaban J connectivity index is 2.64. The SMILES string of the molecule is CC(C)n1c(-c2cc(O)cc(O)c2)n[nH]c1=S. The van der Waals surface area contributed by atoms with E-state index >= 15 is 0 Å². The third-order valence-electron chi connectivity index (χ3n) is 2.38. The summed E-state index contributed by atoms with van der Waals surface area (Å²) in [5.41, 5.74) is 0.614. The minimum absolute atomic E-state index is 0.00998. The molecule has 0 spiro atoms. The predicted molar refractivity (Wildman–Crippen MR) is 66.6 cm³/mol. The zero-order chi connectivity index (χ0) is 12.6. The second kappa shape index (κ2) is 4.21. The van der Waals surface area contributed by atoms with Crippen LogP contribution in [0, 0.1) is 4.77 Å². The van der Waals surface area contributed by atoms with Crippen LogP contribution in [0.1, 0.15) is 19.9 Å². The van der Waals surface area contributed by atoms with Gasteiger partial charge in [0.2, 0.25) is 0 Å². The first kappa shape index (κ1) is 11.7. The Labute approximate surface area is 103 Å². The zero-order valence-corrected chi connectivity index (χ0v) is 10.3. The van der Waals surface area contributed by atoms with Gasteiger partial charge in [0, 0.05) is 17.7 Å². The van der Waals surface area contributed by atoms with Gasteiger partial charge in [0.15, 0.2) is 10.6 Å². The Kier molecular flexibility index (Phi) is 2.89. The first-order valence-corrected chi connectivity index (χ1v) is 5.60. The van der Waals surface area contributed by atoms with E-state index in [1.165, 1.54) is 18.2 Å². The lowest BCUT2D eigenvalue weighted by Gasteiger charge is -2.10. The maximum absolute atomic E-state index is 9.46. The van der Waals surface area contributed by atoms with E-state index in [0.717, 1.165) is 0 Å². The number of phenolic OH excluding ortho intramolecular Hbond substituents is 2. The van der Waals surface area contributed by atoms with Crippen LogP contribution in [0.15, 0.2) is 18.2 Å². The van der Waals surface area contributed by atoms with Crippen molar-refractivity contribution >= 4 is 12.2 Å². The summed E-state index contributed by atoms with van der Waals surface area (Å²) in [6, 6.07) is 4.47. The summed E-state index contributed by atoms with van der Waals surface area (Å²) in [5, 5.41) is 25.7. The van der Waals surface area contributed by atoms with Gasteiger partial charge in [0.1, 0.15) is 11.5 Å². The summed E-state index contributed by atoms with van der Waals surface area (Å²) >= 11 is 5.13. The Morgan fingerprint density at radius 2 is 1.82 bits per heavy atom. The van der Waals surface area contributed by atoms with Gasteiger partial charge in [-0.2, -0.15) is 5.10 Å². The van der Waals surface area contributed by atoms with Crippen LogP contribution in [-0.4, -0.2) is 25.0 Å². The van der Waals surface area contributed by atoms with Gasteiger partial charge in [-0.05, 0) is 38.2 Å². The smallest absolute Gasteiger partial charge is 0.195 e. The van der Waals surface area contributed by atoms with E-state index in [1.807, 2.05) is 18.4 Å². The van der Waals surface area contributed by atoms with Crippen molar-refractivity contribution in [2.45, 2.75) is 19.9 Å². The van der Waals surface area contributed by atoms with Crippen LogP contribution >= 0.6 is 12.2 Å². The molecule has 0 atom stereocenters. The van der Waals surface area contributed by atoms with E-state index < -0.39 is 0 Å². The number of H-pyrrole nitrogens is 1. The molecule has 2 rings (SSSR count). The number of nitrogens with zero attached hydrogens (tertiary/aromatic N) is 2. The topological polar surface area (TPSA) is 74.1 Å².